The van der Waals surface area contributed by atoms with Gasteiger partial charge in [-0.1, -0.05) is 50.2 Å². The Bertz CT molecular complexity index is 846. The smallest absolute Gasteiger partial charge is 0.311 e. The summed E-state index contributed by atoms with van der Waals surface area (Å²) in [7, 11) is 1.43. The molecule has 0 aliphatic rings. The molecule has 0 aliphatic heterocycles. The minimum atomic E-state index is -1.91. The quantitative estimate of drug-likeness (QED) is 0.422. The molecule has 0 fully saturated rings. The van der Waals surface area contributed by atoms with Gasteiger partial charge in [0.15, 0.2) is 8.32 Å². The largest absolute Gasteiger partial charge is 0.469 e. The highest BCUT2D eigenvalue weighted by Crippen LogP contribution is 2.38. The van der Waals surface area contributed by atoms with E-state index in [0.29, 0.717) is 17.3 Å². The van der Waals surface area contributed by atoms with Gasteiger partial charge < -0.3 is 13.7 Å². The highest BCUT2D eigenvalue weighted by atomic mass is 35.5. The summed E-state index contributed by atoms with van der Waals surface area (Å²) in [5, 5.41) is 1.68. The van der Waals surface area contributed by atoms with E-state index in [9.17, 15) is 4.79 Å². The summed E-state index contributed by atoms with van der Waals surface area (Å²) >= 11 is 7.65. The molecule has 0 saturated heterocycles. The van der Waals surface area contributed by atoms with Crippen LogP contribution in [0.3, 0.4) is 0 Å². The van der Waals surface area contributed by atoms with Crippen molar-refractivity contribution >= 4 is 37.6 Å². The normalized spacial score (nSPS) is 12.3. The molecule has 154 valence electrons. The maximum Gasteiger partial charge on any atom is 0.311 e. The summed E-state index contributed by atoms with van der Waals surface area (Å²) in [4.78, 5) is 17.6. The second-order valence-corrected chi connectivity index (χ2v) is 14.5. The molecule has 8 heteroatoms. The Balaban J connectivity index is 2.33. The first-order valence-corrected chi connectivity index (χ1v) is 13.2. The predicted molar refractivity (Wildman–Crippen MR) is 116 cm³/mol. The highest BCUT2D eigenvalue weighted by molar-refractivity contribution is 7.99. The molecular formula is C20H29ClN2O3SSi. The number of imidazole rings is 1. The summed E-state index contributed by atoms with van der Waals surface area (Å²) in [5.41, 5.74) is 0.688. The van der Waals surface area contributed by atoms with Gasteiger partial charge in [-0.05, 0) is 36.3 Å². The zero-order valence-corrected chi connectivity index (χ0v) is 20.2. The van der Waals surface area contributed by atoms with Crippen molar-refractivity contribution in [3.8, 4) is 0 Å². The fourth-order valence-corrected chi connectivity index (χ4v) is 4.49. The Kier molecular flexibility index (Phi) is 7.42. The molecular weight excluding hydrogens is 412 g/mol. The Labute approximate surface area is 177 Å². The third kappa shape index (κ3) is 5.62. The lowest BCUT2D eigenvalue weighted by molar-refractivity contribution is -0.139. The summed E-state index contributed by atoms with van der Waals surface area (Å²) in [6, 6.07) is 7.62. The monoisotopic (exact) mass is 440 g/mol. The van der Waals surface area contributed by atoms with Crippen LogP contribution < -0.4 is 0 Å². The second kappa shape index (κ2) is 9.03. The maximum absolute atomic E-state index is 11.9. The van der Waals surface area contributed by atoms with E-state index in [1.165, 1.54) is 18.9 Å². The van der Waals surface area contributed by atoms with Gasteiger partial charge in [-0.3, -0.25) is 4.79 Å². The van der Waals surface area contributed by atoms with Crippen molar-refractivity contribution in [3.63, 3.8) is 0 Å². The number of halogens is 1. The number of hydrogen-bond acceptors (Lipinski definition) is 5. The van der Waals surface area contributed by atoms with Crippen LogP contribution in [0.15, 0.2) is 34.2 Å². The van der Waals surface area contributed by atoms with Crippen LogP contribution in [0.1, 0.15) is 32.3 Å². The van der Waals surface area contributed by atoms with E-state index >= 15 is 0 Å². The Morgan fingerprint density at radius 2 is 2.00 bits per heavy atom. The fourth-order valence-electron chi connectivity index (χ4n) is 2.27. The van der Waals surface area contributed by atoms with E-state index in [-0.39, 0.29) is 17.4 Å². The number of hydrogen-bond donors (Lipinski definition) is 0. The summed E-state index contributed by atoms with van der Waals surface area (Å²) in [6.45, 7) is 11.5. The number of carbonyl (C=O) groups is 1. The molecule has 1 aromatic carbocycles. The molecule has 0 unspecified atom stereocenters. The molecule has 5 nitrogen and oxygen atoms in total. The molecule has 0 atom stereocenters. The van der Waals surface area contributed by atoms with E-state index in [1.54, 1.807) is 0 Å². The van der Waals surface area contributed by atoms with Crippen LogP contribution in [-0.2, 0) is 34.0 Å². The van der Waals surface area contributed by atoms with Crippen LogP contribution in [-0.4, -0.2) is 30.9 Å². The number of aromatic nitrogens is 2. The van der Waals surface area contributed by atoms with E-state index in [4.69, 9.17) is 25.7 Å². The van der Waals surface area contributed by atoms with Gasteiger partial charge in [0.25, 0.3) is 0 Å². The number of methoxy groups -OCH3 is 1. The molecule has 2 rings (SSSR count). The number of rotatable bonds is 7. The van der Waals surface area contributed by atoms with Crippen molar-refractivity contribution in [3.05, 3.63) is 40.8 Å². The van der Waals surface area contributed by atoms with E-state index in [2.05, 4.69) is 33.9 Å². The average molecular weight is 441 g/mol. The summed E-state index contributed by atoms with van der Waals surface area (Å²) in [6.07, 6.45) is 0.118. The van der Waals surface area contributed by atoms with Crippen molar-refractivity contribution in [2.45, 2.75) is 61.9 Å². The molecule has 1 aromatic heterocycles. The summed E-state index contributed by atoms with van der Waals surface area (Å²) < 4.78 is 13.2. The lowest BCUT2D eigenvalue weighted by Gasteiger charge is -2.36. The van der Waals surface area contributed by atoms with E-state index in [0.717, 1.165) is 15.7 Å². The Morgan fingerprint density at radius 3 is 2.57 bits per heavy atom. The molecule has 0 amide bonds. The number of esters is 1. The van der Waals surface area contributed by atoms with E-state index in [1.807, 2.05) is 35.9 Å². The number of carbonyl (C=O) groups excluding carboxylic acids is 1. The Morgan fingerprint density at radius 1 is 1.32 bits per heavy atom. The van der Waals surface area contributed by atoms with Gasteiger partial charge in [-0.25, -0.2) is 4.98 Å². The first-order chi connectivity index (χ1) is 12.9. The van der Waals surface area contributed by atoms with Crippen molar-refractivity contribution in [2.24, 2.45) is 7.05 Å². The molecule has 0 aliphatic carbocycles. The molecule has 2 aromatic rings. The molecule has 0 bridgehead atoms. The third-order valence-corrected chi connectivity index (χ3v) is 11.0. The summed E-state index contributed by atoms with van der Waals surface area (Å²) in [5.74, 6) is 0.483. The van der Waals surface area contributed by atoms with Crippen LogP contribution in [0, 0.1) is 0 Å². The lowest BCUT2D eigenvalue weighted by atomic mass is 10.2. The van der Waals surface area contributed by atoms with Gasteiger partial charge in [-0.2, -0.15) is 0 Å². The van der Waals surface area contributed by atoms with Gasteiger partial charge in [-0.15, -0.1) is 0 Å². The number of ether oxygens (including phenoxy) is 1. The molecule has 0 spiro atoms. The van der Waals surface area contributed by atoms with Gasteiger partial charge >= 0.3 is 5.97 Å². The van der Waals surface area contributed by atoms with Crippen LogP contribution in [0.2, 0.25) is 23.2 Å². The molecule has 1 heterocycles. The van der Waals surface area contributed by atoms with Gasteiger partial charge in [0.2, 0.25) is 0 Å². The van der Waals surface area contributed by atoms with Crippen LogP contribution in [0.4, 0.5) is 0 Å². The average Bonchev–Trinajstić information content (AvgIpc) is 2.88. The molecule has 0 radical (unpaired) electrons. The predicted octanol–water partition coefficient (Wildman–Crippen LogP) is 5.46. The first kappa shape index (κ1) is 23.0. The Hall–Kier alpha value is -1.28. The molecule has 0 saturated carbocycles. The van der Waals surface area contributed by atoms with Gasteiger partial charge in [0.1, 0.15) is 10.9 Å². The highest BCUT2D eigenvalue weighted by Gasteiger charge is 2.37. The standard InChI is InChI=1S/C20H29ClN2O3SSi/c1-20(2,3)28(6,7)26-13-17-22-16(12-18(24)25-5)19(23(17)4)27-15-10-8-9-14(21)11-15/h8-11H,12-13H2,1-7H3. The van der Waals surface area contributed by atoms with Crippen molar-refractivity contribution in [1.82, 2.24) is 9.55 Å². The van der Waals surface area contributed by atoms with Crippen LogP contribution in [0.25, 0.3) is 0 Å². The van der Waals surface area contributed by atoms with Crippen LogP contribution >= 0.6 is 23.4 Å². The maximum atomic E-state index is 11.9. The van der Waals surface area contributed by atoms with Gasteiger partial charge in [0, 0.05) is 17.0 Å². The number of nitrogens with zero attached hydrogens (tertiary/aromatic N) is 2. The second-order valence-electron chi connectivity index (χ2n) is 8.20. The zero-order valence-electron chi connectivity index (χ0n) is 17.6. The minimum Gasteiger partial charge on any atom is -0.469 e. The molecule has 28 heavy (non-hydrogen) atoms. The first-order valence-electron chi connectivity index (χ1n) is 9.13. The fraction of sp³-hybridized carbons (Fsp3) is 0.500. The minimum absolute atomic E-state index is 0.116. The third-order valence-electron chi connectivity index (χ3n) is 5.12. The zero-order chi connectivity index (χ0) is 21.1. The van der Waals surface area contributed by atoms with Gasteiger partial charge in [0.05, 0.1) is 25.8 Å². The number of benzene rings is 1. The lowest BCUT2D eigenvalue weighted by Crippen LogP contribution is -2.40. The molecule has 0 N–H and O–H groups in total. The van der Waals surface area contributed by atoms with Crippen molar-refractivity contribution in [1.29, 1.82) is 0 Å². The van der Waals surface area contributed by atoms with Crippen LogP contribution in [0.5, 0.6) is 0 Å². The van der Waals surface area contributed by atoms with Crippen molar-refractivity contribution in [2.75, 3.05) is 7.11 Å². The van der Waals surface area contributed by atoms with E-state index < -0.39 is 8.32 Å². The topological polar surface area (TPSA) is 53.4 Å². The van der Waals surface area contributed by atoms with Crippen molar-refractivity contribution < 1.29 is 14.0 Å². The SMILES string of the molecule is COC(=O)Cc1nc(CO[Si](C)(C)C(C)(C)C)n(C)c1Sc1cccc(Cl)c1.